The molecule has 2 saturated heterocycles. The van der Waals surface area contributed by atoms with Gasteiger partial charge in [-0.1, -0.05) is 6.07 Å². The van der Waals surface area contributed by atoms with Gasteiger partial charge in [-0.2, -0.15) is 4.31 Å². The Labute approximate surface area is 191 Å². The monoisotopic (exact) mass is 458 g/mol. The van der Waals surface area contributed by atoms with Gasteiger partial charge in [-0.05, 0) is 75.6 Å². The lowest BCUT2D eigenvalue weighted by Gasteiger charge is -2.37. The number of likely N-dealkylation sites (tertiary alicyclic amines) is 1. The second-order valence-corrected chi connectivity index (χ2v) is 11.2. The Balaban J connectivity index is 1.39. The number of sulfonamides is 1. The molecule has 2 aliphatic heterocycles. The van der Waals surface area contributed by atoms with Crippen molar-refractivity contribution >= 4 is 15.9 Å². The molecule has 1 amide bonds. The molecule has 2 aliphatic rings. The molecule has 0 aliphatic carbocycles. The minimum atomic E-state index is -3.58. The van der Waals surface area contributed by atoms with E-state index in [2.05, 4.69) is 9.55 Å². The van der Waals surface area contributed by atoms with Gasteiger partial charge in [0.2, 0.25) is 15.9 Å². The van der Waals surface area contributed by atoms with Crippen LogP contribution in [0.15, 0.2) is 29.7 Å². The number of aromatic nitrogens is 2. The lowest BCUT2D eigenvalue weighted by molar-refractivity contribution is -0.138. The van der Waals surface area contributed by atoms with Crippen LogP contribution in [-0.4, -0.2) is 59.3 Å². The van der Waals surface area contributed by atoms with Crippen molar-refractivity contribution in [2.24, 2.45) is 5.92 Å². The van der Waals surface area contributed by atoms with Crippen LogP contribution in [0.1, 0.15) is 54.0 Å². The van der Waals surface area contributed by atoms with Crippen LogP contribution < -0.4 is 0 Å². The van der Waals surface area contributed by atoms with Crippen molar-refractivity contribution in [2.75, 3.05) is 26.2 Å². The smallest absolute Gasteiger partial charge is 0.243 e. The molecule has 8 heteroatoms. The Bertz CT molecular complexity index is 1050. The average molecular weight is 459 g/mol. The lowest BCUT2D eigenvalue weighted by Crippen LogP contribution is -2.46. The second-order valence-electron chi connectivity index (χ2n) is 9.33. The summed E-state index contributed by atoms with van der Waals surface area (Å²) in [6.45, 7) is 9.99. The molecule has 3 heterocycles. The highest BCUT2D eigenvalue weighted by Gasteiger charge is 2.36. The van der Waals surface area contributed by atoms with E-state index in [1.54, 1.807) is 10.5 Å². The minimum absolute atomic E-state index is 0.0901. The summed E-state index contributed by atoms with van der Waals surface area (Å²) in [6, 6.07) is 2.45. The van der Waals surface area contributed by atoms with Crippen LogP contribution in [0.3, 0.4) is 0 Å². The summed E-state index contributed by atoms with van der Waals surface area (Å²) in [6.07, 6.45) is 8.65. The number of amides is 1. The zero-order chi connectivity index (χ0) is 23.0. The number of hydrogen-bond acceptors (Lipinski definition) is 4. The topological polar surface area (TPSA) is 75.5 Å². The number of nitrogens with zero attached hydrogens (tertiary/aromatic N) is 4. The van der Waals surface area contributed by atoms with Gasteiger partial charge in [0.1, 0.15) is 0 Å². The molecule has 0 radical (unpaired) electrons. The lowest BCUT2D eigenvalue weighted by atomic mass is 9.95. The van der Waals surface area contributed by atoms with Crippen molar-refractivity contribution in [2.45, 2.75) is 64.3 Å². The largest absolute Gasteiger partial charge is 0.342 e. The Morgan fingerprint density at radius 3 is 2.06 bits per heavy atom. The van der Waals surface area contributed by atoms with Crippen molar-refractivity contribution < 1.29 is 13.2 Å². The van der Waals surface area contributed by atoms with Gasteiger partial charge in [-0.25, -0.2) is 13.4 Å². The highest BCUT2D eigenvalue weighted by molar-refractivity contribution is 7.89. The molecule has 0 spiro atoms. The highest BCUT2D eigenvalue weighted by atomic mass is 32.2. The molecule has 7 nitrogen and oxygen atoms in total. The van der Waals surface area contributed by atoms with Crippen LogP contribution in [0.2, 0.25) is 0 Å². The zero-order valence-corrected chi connectivity index (χ0v) is 20.4. The first-order valence-corrected chi connectivity index (χ1v) is 13.0. The molecule has 1 aromatic heterocycles. The molecular weight excluding hydrogens is 424 g/mol. The summed E-state index contributed by atoms with van der Waals surface area (Å²) < 4.78 is 30.7. The van der Waals surface area contributed by atoms with Gasteiger partial charge >= 0.3 is 0 Å². The Morgan fingerprint density at radius 1 is 0.938 bits per heavy atom. The Kier molecular flexibility index (Phi) is 6.45. The first-order chi connectivity index (χ1) is 15.2. The van der Waals surface area contributed by atoms with Crippen LogP contribution >= 0.6 is 0 Å². The maximum absolute atomic E-state index is 13.5. The first-order valence-electron chi connectivity index (χ1n) is 11.5. The van der Waals surface area contributed by atoms with Gasteiger partial charge in [-0.15, -0.1) is 0 Å². The maximum Gasteiger partial charge on any atom is 0.243 e. The number of rotatable bonds is 4. The molecule has 0 N–H and O–H groups in total. The summed E-state index contributed by atoms with van der Waals surface area (Å²) in [5.41, 5.74) is 3.64. The molecule has 0 atom stereocenters. The third-order valence-electron chi connectivity index (χ3n) is 7.42. The van der Waals surface area contributed by atoms with E-state index < -0.39 is 10.0 Å². The third kappa shape index (κ3) is 4.22. The standard InChI is InChI=1S/C24H34N4O3S/c1-17-15-18(2)20(4)23(19(17)3)32(30,31)28-12-5-21(6-13-28)24(29)26-10-7-22(8-11-26)27-14-9-25-16-27/h9,14-16,21-22H,5-8,10-13H2,1-4H3. The van der Waals surface area contributed by atoms with Crippen LogP contribution in [0.25, 0.3) is 0 Å². The number of carbonyl (C=O) groups is 1. The van der Waals surface area contributed by atoms with Crippen molar-refractivity contribution in [3.8, 4) is 0 Å². The maximum atomic E-state index is 13.5. The number of carbonyl (C=O) groups excluding carboxylic acids is 1. The van der Waals surface area contributed by atoms with E-state index in [9.17, 15) is 13.2 Å². The summed E-state index contributed by atoms with van der Waals surface area (Å²) in [7, 11) is -3.58. The highest BCUT2D eigenvalue weighted by Crippen LogP contribution is 2.32. The SMILES string of the molecule is Cc1cc(C)c(C)c(S(=O)(=O)N2CCC(C(=O)N3CCC(n4ccnc4)CC3)CC2)c1C. The second kappa shape index (κ2) is 8.98. The average Bonchev–Trinajstić information content (AvgIpc) is 3.32. The van der Waals surface area contributed by atoms with E-state index in [0.29, 0.717) is 36.9 Å². The Hall–Kier alpha value is -2.19. The van der Waals surface area contributed by atoms with Gasteiger partial charge in [0.05, 0.1) is 11.2 Å². The number of piperidine rings is 2. The summed E-state index contributed by atoms with van der Waals surface area (Å²) >= 11 is 0. The molecule has 2 aromatic rings. The van der Waals surface area contributed by atoms with Gasteiger partial charge < -0.3 is 9.47 Å². The molecule has 1 aromatic carbocycles. The minimum Gasteiger partial charge on any atom is -0.342 e. The van der Waals surface area contributed by atoms with E-state index in [-0.39, 0.29) is 11.8 Å². The molecule has 174 valence electrons. The fourth-order valence-corrected chi connectivity index (χ4v) is 7.21. The van der Waals surface area contributed by atoms with Gasteiger partial charge in [-0.3, -0.25) is 4.79 Å². The van der Waals surface area contributed by atoms with E-state index in [0.717, 1.165) is 48.2 Å². The normalized spacial score (nSPS) is 19.4. The molecule has 32 heavy (non-hydrogen) atoms. The summed E-state index contributed by atoms with van der Waals surface area (Å²) in [4.78, 5) is 19.7. The van der Waals surface area contributed by atoms with Crippen molar-refractivity contribution in [3.63, 3.8) is 0 Å². The number of benzene rings is 1. The molecule has 0 bridgehead atoms. The van der Waals surface area contributed by atoms with Gasteiger partial charge in [0.15, 0.2) is 0 Å². The molecule has 2 fully saturated rings. The molecule has 0 unspecified atom stereocenters. The Morgan fingerprint density at radius 2 is 1.53 bits per heavy atom. The predicted octanol–water partition coefficient (Wildman–Crippen LogP) is 3.38. The van der Waals surface area contributed by atoms with Crippen molar-refractivity contribution in [3.05, 3.63) is 47.0 Å². The van der Waals surface area contributed by atoms with E-state index in [1.807, 2.05) is 51.2 Å². The van der Waals surface area contributed by atoms with E-state index in [4.69, 9.17) is 0 Å². The zero-order valence-electron chi connectivity index (χ0n) is 19.5. The van der Waals surface area contributed by atoms with Crippen molar-refractivity contribution in [1.29, 1.82) is 0 Å². The third-order valence-corrected chi connectivity index (χ3v) is 9.59. The number of imidazole rings is 1. The van der Waals surface area contributed by atoms with Crippen LogP contribution in [0.4, 0.5) is 0 Å². The van der Waals surface area contributed by atoms with Crippen molar-refractivity contribution in [1.82, 2.24) is 18.8 Å². The van der Waals surface area contributed by atoms with Crippen LogP contribution in [0.5, 0.6) is 0 Å². The fraction of sp³-hybridized carbons (Fsp3) is 0.583. The predicted molar refractivity (Wildman–Crippen MR) is 124 cm³/mol. The first kappa shape index (κ1) is 23.0. The van der Waals surface area contributed by atoms with E-state index in [1.165, 1.54) is 0 Å². The van der Waals surface area contributed by atoms with Crippen LogP contribution in [0, 0.1) is 33.6 Å². The van der Waals surface area contributed by atoms with Gasteiger partial charge in [0.25, 0.3) is 0 Å². The quantitative estimate of drug-likeness (QED) is 0.704. The van der Waals surface area contributed by atoms with Crippen LogP contribution in [-0.2, 0) is 14.8 Å². The molecular formula is C24H34N4O3S. The van der Waals surface area contributed by atoms with Gasteiger partial charge in [0, 0.05) is 50.5 Å². The fourth-order valence-electron chi connectivity index (χ4n) is 5.17. The van der Waals surface area contributed by atoms with E-state index >= 15 is 0 Å². The number of hydrogen-bond donors (Lipinski definition) is 0. The molecule has 4 rings (SSSR count). The number of aryl methyl sites for hydroxylation is 2. The summed E-state index contributed by atoms with van der Waals surface area (Å²) in [5, 5.41) is 0. The molecule has 0 saturated carbocycles. The summed E-state index contributed by atoms with van der Waals surface area (Å²) in [5.74, 6) is 0.0950.